The fraction of sp³-hybridized carbons (Fsp3) is 0.440. The predicted molar refractivity (Wildman–Crippen MR) is 123 cm³/mol. The van der Waals surface area contributed by atoms with Gasteiger partial charge in [-0.25, -0.2) is 12.8 Å². The molecule has 2 amide bonds. The quantitative estimate of drug-likeness (QED) is 0.567. The molecule has 2 aromatic carbocycles. The summed E-state index contributed by atoms with van der Waals surface area (Å²) in [6, 6.07) is 6.67. The molecule has 0 aromatic heterocycles. The van der Waals surface area contributed by atoms with Gasteiger partial charge < -0.3 is 15.4 Å². The maximum absolute atomic E-state index is 15.3. The average molecular weight is 541 g/mol. The van der Waals surface area contributed by atoms with Crippen molar-refractivity contribution in [2.24, 2.45) is 17.6 Å². The van der Waals surface area contributed by atoms with Crippen LogP contribution in [0, 0.1) is 17.7 Å². The molecule has 2 N–H and O–H groups in total. The number of primary amides is 1. The molecule has 2 heterocycles. The van der Waals surface area contributed by atoms with Crippen molar-refractivity contribution in [2.75, 3.05) is 19.5 Å². The highest BCUT2D eigenvalue weighted by Crippen LogP contribution is 2.67. The van der Waals surface area contributed by atoms with Crippen molar-refractivity contribution in [1.82, 2.24) is 4.90 Å². The van der Waals surface area contributed by atoms with Gasteiger partial charge in [0.25, 0.3) is 5.91 Å². The zero-order chi connectivity index (χ0) is 26.9. The molecule has 0 bridgehead atoms. The van der Waals surface area contributed by atoms with Crippen LogP contribution in [0.2, 0.25) is 0 Å². The highest BCUT2D eigenvalue weighted by molar-refractivity contribution is 7.90. The fourth-order valence-electron chi connectivity index (χ4n) is 6.02. The summed E-state index contributed by atoms with van der Waals surface area (Å²) in [5.41, 5.74) is 3.47. The van der Waals surface area contributed by atoms with Gasteiger partial charge in [0.2, 0.25) is 5.91 Å². The van der Waals surface area contributed by atoms with Gasteiger partial charge >= 0.3 is 6.18 Å². The topological polar surface area (TPSA) is 107 Å². The first-order chi connectivity index (χ1) is 17.2. The van der Waals surface area contributed by atoms with E-state index in [0.717, 1.165) is 18.4 Å². The number of hydrogen-bond acceptors (Lipinski definition) is 5. The Bertz CT molecular complexity index is 1390. The van der Waals surface area contributed by atoms with E-state index in [2.05, 4.69) is 0 Å². The second-order valence-corrected chi connectivity index (χ2v) is 12.0. The van der Waals surface area contributed by atoms with E-state index in [0.29, 0.717) is 12.5 Å². The maximum atomic E-state index is 15.3. The molecule has 2 saturated heterocycles. The minimum absolute atomic E-state index is 0.0107. The Balaban J connectivity index is 1.62. The van der Waals surface area contributed by atoms with Crippen molar-refractivity contribution in [3.63, 3.8) is 0 Å². The Kier molecular flexibility index (Phi) is 5.91. The second-order valence-electron chi connectivity index (χ2n) is 10.0. The third kappa shape index (κ3) is 4.19. The molecule has 2 aliphatic heterocycles. The van der Waals surface area contributed by atoms with Crippen molar-refractivity contribution in [2.45, 2.75) is 41.4 Å². The van der Waals surface area contributed by atoms with Crippen LogP contribution in [0.15, 0.2) is 47.4 Å². The van der Waals surface area contributed by atoms with Crippen LogP contribution in [0.25, 0.3) is 0 Å². The zero-order valence-corrected chi connectivity index (χ0v) is 20.5. The number of hydrogen-bond donors (Lipinski definition) is 1. The molecule has 3 unspecified atom stereocenters. The highest BCUT2D eigenvalue weighted by Gasteiger charge is 2.72. The van der Waals surface area contributed by atoms with Gasteiger partial charge in [-0.1, -0.05) is 12.1 Å². The molecule has 37 heavy (non-hydrogen) atoms. The van der Waals surface area contributed by atoms with Crippen LogP contribution in [-0.4, -0.2) is 56.2 Å². The van der Waals surface area contributed by atoms with E-state index < -0.39 is 56.7 Å². The first-order valence-electron chi connectivity index (χ1n) is 11.6. The van der Waals surface area contributed by atoms with Crippen LogP contribution in [-0.2, 0) is 25.5 Å². The molecule has 3 aliphatic rings. The van der Waals surface area contributed by atoms with Gasteiger partial charge in [0.15, 0.2) is 9.84 Å². The molecule has 0 spiro atoms. The number of alkyl halides is 3. The summed E-state index contributed by atoms with van der Waals surface area (Å²) in [6.45, 7) is 0.429. The number of nitrogens with zero attached hydrogens (tertiary/aromatic N) is 1. The molecule has 1 aliphatic carbocycles. The van der Waals surface area contributed by atoms with Crippen LogP contribution in [0.4, 0.5) is 17.6 Å². The minimum atomic E-state index is -4.73. The van der Waals surface area contributed by atoms with E-state index >= 15 is 4.39 Å². The Morgan fingerprint density at radius 1 is 1.16 bits per heavy atom. The van der Waals surface area contributed by atoms with Crippen LogP contribution >= 0.6 is 0 Å². The lowest BCUT2D eigenvalue weighted by Crippen LogP contribution is -2.55. The Labute approximate surface area is 210 Å². The predicted octanol–water partition coefficient (Wildman–Crippen LogP) is 3.14. The summed E-state index contributed by atoms with van der Waals surface area (Å²) >= 11 is 0. The first-order valence-corrected chi connectivity index (χ1v) is 13.5. The Hall–Kier alpha value is -2.99. The molecule has 7 nitrogen and oxygen atoms in total. The molecule has 5 rings (SSSR count). The number of halogens is 4. The van der Waals surface area contributed by atoms with E-state index in [-0.39, 0.29) is 47.5 Å². The average Bonchev–Trinajstić information content (AvgIpc) is 3.39. The first kappa shape index (κ1) is 25.7. The van der Waals surface area contributed by atoms with Gasteiger partial charge in [0, 0.05) is 23.7 Å². The van der Waals surface area contributed by atoms with Crippen molar-refractivity contribution in [3.05, 3.63) is 65.0 Å². The Morgan fingerprint density at radius 2 is 1.86 bits per heavy atom. The van der Waals surface area contributed by atoms with Crippen molar-refractivity contribution < 1.29 is 40.3 Å². The Morgan fingerprint density at radius 3 is 2.41 bits per heavy atom. The molecule has 2 aromatic rings. The molecule has 0 radical (unpaired) electrons. The second kappa shape index (κ2) is 8.52. The summed E-state index contributed by atoms with van der Waals surface area (Å²) in [5.74, 6) is -3.76. The van der Waals surface area contributed by atoms with Gasteiger partial charge in [0.05, 0.1) is 29.2 Å². The number of amides is 2. The summed E-state index contributed by atoms with van der Waals surface area (Å²) < 4.78 is 84.3. The van der Waals surface area contributed by atoms with E-state index in [1.54, 1.807) is 0 Å². The van der Waals surface area contributed by atoms with Crippen molar-refractivity contribution >= 4 is 21.7 Å². The number of ether oxygens (including phenoxy) is 1. The monoisotopic (exact) mass is 540 g/mol. The minimum Gasteiger partial charge on any atom is -0.381 e. The van der Waals surface area contributed by atoms with Gasteiger partial charge in [-0.2, -0.15) is 13.2 Å². The fourth-order valence-corrected chi connectivity index (χ4v) is 6.69. The molecular weight excluding hydrogens is 516 g/mol. The smallest absolute Gasteiger partial charge is 0.381 e. The third-order valence-corrected chi connectivity index (χ3v) is 8.89. The van der Waals surface area contributed by atoms with E-state index in [4.69, 9.17) is 10.5 Å². The number of carbonyl (C=O) groups excluding carboxylic acids is 2. The maximum Gasteiger partial charge on any atom is 0.416 e. The number of piperidine rings is 1. The molecule has 1 saturated carbocycles. The SMILES string of the molecule is CS(=O)(=O)c1cccc(C(=O)N2C(C(N)=O)CC3CC32[C@@H](c2ccc(C(F)(F)F)cc2F)C2COC2)c1. The number of sulfone groups is 1. The summed E-state index contributed by atoms with van der Waals surface area (Å²) in [7, 11) is -3.64. The van der Waals surface area contributed by atoms with Crippen LogP contribution < -0.4 is 5.73 Å². The third-order valence-electron chi connectivity index (χ3n) is 7.78. The van der Waals surface area contributed by atoms with E-state index in [1.165, 1.54) is 29.2 Å². The number of carbonyl (C=O) groups is 2. The number of nitrogens with two attached hydrogens (primary N) is 1. The van der Waals surface area contributed by atoms with Gasteiger partial charge in [-0.05, 0) is 54.7 Å². The van der Waals surface area contributed by atoms with Gasteiger partial charge in [-0.15, -0.1) is 0 Å². The van der Waals surface area contributed by atoms with E-state index in [1.807, 2.05) is 0 Å². The molecule has 12 heteroatoms. The van der Waals surface area contributed by atoms with Crippen molar-refractivity contribution in [3.8, 4) is 0 Å². The van der Waals surface area contributed by atoms with Crippen LogP contribution in [0.1, 0.15) is 40.2 Å². The molecule has 198 valence electrons. The summed E-state index contributed by atoms with van der Waals surface area (Å²) in [6.07, 6.45) is -3.11. The van der Waals surface area contributed by atoms with Crippen LogP contribution in [0.3, 0.4) is 0 Å². The van der Waals surface area contributed by atoms with Crippen LogP contribution in [0.5, 0.6) is 0 Å². The lowest BCUT2D eigenvalue weighted by atomic mass is 9.76. The van der Waals surface area contributed by atoms with E-state index in [9.17, 15) is 31.2 Å². The lowest BCUT2D eigenvalue weighted by Gasteiger charge is -2.44. The van der Waals surface area contributed by atoms with Crippen molar-refractivity contribution in [1.29, 1.82) is 0 Å². The number of likely N-dealkylation sites (tertiary alicyclic amines) is 1. The summed E-state index contributed by atoms with van der Waals surface area (Å²) in [5, 5.41) is 0. The largest absolute Gasteiger partial charge is 0.416 e. The van der Waals surface area contributed by atoms with Gasteiger partial charge in [-0.3, -0.25) is 9.59 Å². The standard InChI is InChI=1S/C25H24F4N2O5S/c1-37(34,35)17-4-2-3-13(7-17)23(33)31-20(22(30)32)9-16-10-24(16,31)21(14-11-36-12-14)18-6-5-15(8-19(18)26)25(27,28)29/h2-8,14,16,20-21H,9-12H2,1H3,(H2,30,32)/t16?,20?,21-,24?/m1/s1. The molecular formula is C25H24F4N2O5S. The summed E-state index contributed by atoms with van der Waals surface area (Å²) in [4.78, 5) is 27.5. The number of rotatable bonds is 6. The normalized spacial score (nSPS) is 26.4. The highest BCUT2D eigenvalue weighted by atomic mass is 32.2. The number of benzene rings is 2. The molecule has 3 fully saturated rings. The number of fused-ring (bicyclic) bond motifs is 1. The molecule has 4 atom stereocenters. The van der Waals surface area contributed by atoms with Gasteiger partial charge in [0.1, 0.15) is 11.9 Å². The zero-order valence-electron chi connectivity index (χ0n) is 19.7. The lowest BCUT2D eigenvalue weighted by molar-refractivity contribution is -0.137.